The van der Waals surface area contributed by atoms with Crippen molar-refractivity contribution in [2.45, 2.75) is 5.41 Å². The van der Waals surface area contributed by atoms with Crippen LogP contribution in [0, 0.1) is 0 Å². The van der Waals surface area contributed by atoms with E-state index in [0.29, 0.717) is 17.5 Å². The van der Waals surface area contributed by atoms with Gasteiger partial charge in [-0.3, -0.25) is 0 Å². The average Bonchev–Trinajstić information content (AvgIpc) is 3.73. The molecule has 1 aromatic heterocycles. The maximum absolute atomic E-state index is 5.18. The van der Waals surface area contributed by atoms with Gasteiger partial charge in [-0.15, -0.1) is 0 Å². The summed E-state index contributed by atoms with van der Waals surface area (Å²) >= 11 is 0. The van der Waals surface area contributed by atoms with Crippen LogP contribution in [0.4, 0.5) is 0 Å². The molecule has 1 heterocycles. The van der Waals surface area contributed by atoms with Gasteiger partial charge in [0.2, 0.25) is 0 Å². The standard InChI is InChI=1S/C64H43N3/c1-5-18-44(19-6-1)46-34-38-48(39-35-46)61-65-62(49-40-36-47(37-41-49)45-20-7-2-8-21-45)67-63(66-61)53-25-16-23-51(43-53)50-22-15-24-52(42-50)56-31-17-32-58-57-30-13-14-33-59(57)64(60(56)58,54-26-9-3-10-27-54)55-28-11-4-12-29-55/h1-43H. The highest BCUT2D eigenvalue weighted by atomic mass is 15.0. The lowest BCUT2D eigenvalue weighted by Crippen LogP contribution is -2.29. The molecule has 0 saturated carbocycles. The lowest BCUT2D eigenvalue weighted by atomic mass is 9.66. The lowest BCUT2D eigenvalue weighted by Gasteiger charge is -2.35. The van der Waals surface area contributed by atoms with Gasteiger partial charge in [-0.25, -0.2) is 15.0 Å². The lowest BCUT2D eigenvalue weighted by molar-refractivity contribution is 0.770. The van der Waals surface area contributed by atoms with Crippen molar-refractivity contribution in [2.24, 2.45) is 0 Å². The maximum atomic E-state index is 5.18. The topological polar surface area (TPSA) is 38.7 Å². The van der Waals surface area contributed by atoms with Gasteiger partial charge < -0.3 is 0 Å². The summed E-state index contributed by atoms with van der Waals surface area (Å²) in [6.45, 7) is 0. The fourth-order valence-corrected chi connectivity index (χ4v) is 10.1. The van der Waals surface area contributed by atoms with E-state index in [1.54, 1.807) is 0 Å². The molecule has 12 rings (SSSR count). The zero-order valence-corrected chi connectivity index (χ0v) is 36.7. The Morgan fingerprint density at radius 2 is 0.567 bits per heavy atom. The second-order valence-corrected chi connectivity index (χ2v) is 17.1. The molecule has 1 aliphatic rings. The number of rotatable bonds is 9. The van der Waals surface area contributed by atoms with Crippen molar-refractivity contribution in [3.05, 3.63) is 283 Å². The van der Waals surface area contributed by atoms with Gasteiger partial charge in [-0.2, -0.15) is 0 Å². The monoisotopic (exact) mass is 853 g/mol. The van der Waals surface area contributed by atoms with Crippen molar-refractivity contribution < 1.29 is 0 Å². The van der Waals surface area contributed by atoms with Gasteiger partial charge >= 0.3 is 0 Å². The Morgan fingerprint density at radius 1 is 0.224 bits per heavy atom. The largest absolute Gasteiger partial charge is 0.208 e. The fourth-order valence-electron chi connectivity index (χ4n) is 10.1. The Hall–Kier alpha value is -8.79. The molecule has 0 fully saturated rings. The van der Waals surface area contributed by atoms with Crippen LogP contribution in [0.5, 0.6) is 0 Å². The normalized spacial score (nSPS) is 12.3. The summed E-state index contributed by atoms with van der Waals surface area (Å²) < 4.78 is 0. The predicted octanol–water partition coefficient (Wildman–Crippen LogP) is 15.9. The molecule has 0 aliphatic heterocycles. The molecule has 0 spiro atoms. The Morgan fingerprint density at radius 3 is 1.10 bits per heavy atom. The van der Waals surface area contributed by atoms with Crippen LogP contribution in [0.1, 0.15) is 22.3 Å². The highest BCUT2D eigenvalue weighted by molar-refractivity contribution is 5.93. The number of hydrogen-bond acceptors (Lipinski definition) is 3. The number of hydrogen-bond donors (Lipinski definition) is 0. The van der Waals surface area contributed by atoms with E-state index in [1.807, 2.05) is 12.1 Å². The highest BCUT2D eigenvalue weighted by Gasteiger charge is 2.47. The van der Waals surface area contributed by atoms with Gasteiger partial charge in [0.15, 0.2) is 17.5 Å². The van der Waals surface area contributed by atoms with Crippen LogP contribution in [0.25, 0.3) is 89.8 Å². The van der Waals surface area contributed by atoms with E-state index in [2.05, 4.69) is 249 Å². The van der Waals surface area contributed by atoms with Crippen molar-refractivity contribution in [1.29, 1.82) is 0 Å². The summed E-state index contributed by atoms with van der Waals surface area (Å²) in [5.74, 6) is 1.86. The summed E-state index contributed by atoms with van der Waals surface area (Å²) in [5.41, 5.74) is 19.1. The molecule has 0 atom stereocenters. The molecule has 67 heavy (non-hydrogen) atoms. The van der Waals surface area contributed by atoms with Gasteiger partial charge in [-0.1, -0.05) is 249 Å². The molecule has 3 heteroatoms. The molecule has 0 amide bonds. The molecular weight excluding hydrogens is 811 g/mol. The van der Waals surface area contributed by atoms with Crippen molar-refractivity contribution >= 4 is 0 Å². The Labute approximate surface area is 391 Å². The fraction of sp³-hybridized carbons (Fsp3) is 0.0156. The summed E-state index contributed by atoms with van der Waals surface area (Å²) in [4.78, 5) is 15.5. The number of nitrogens with zero attached hydrogens (tertiary/aromatic N) is 3. The molecule has 0 bridgehead atoms. The first-order valence-corrected chi connectivity index (χ1v) is 22.8. The molecule has 0 radical (unpaired) electrons. The van der Waals surface area contributed by atoms with Gasteiger partial charge in [-0.05, 0) is 90.0 Å². The average molecular weight is 854 g/mol. The minimum absolute atomic E-state index is 0.515. The van der Waals surface area contributed by atoms with Crippen LogP contribution in [0.2, 0.25) is 0 Å². The molecule has 3 nitrogen and oxygen atoms in total. The first-order chi connectivity index (χ1) is 33.2. The van der Waals surface area contributed by atoms with Crippen LogP contribution in [-0.4, -0.2) is 15.0 Å². The zero-order chi connectivity index (χ0) is 44.6. The number of benzene rings is 10. The molecule has 314 valence electrons. The molecule has 0 unspecified atom stereocenters. The minimum Gasteiger partial charge on any atom is -0.208 e. The quantitative estimate of drug-likeness (QED) is 0.145. The smallest absolute Gasteiger partial charge is 0.164 e. The second-order valence-electron chi connectivity index (χ2n) is 17.1. The van der Waals surface area contributed by atoms with Crippen molar-refractivity contribution in [3.63, 3.8) is 0 Å². The number of fused-ring (bicyclic) bond motifs is 3. The van der Waals surface area contributed by atoms with E-state index in [-0.39, 0.29) is 0 Å². The van der Waals surface area contributed by atoms with Gasteiger partial charge in [0, 0.05) is 16.7 Å². The minimum atomic E-state index is -0.515. The maximum Gasteiger partial charge on any atom is 0.164 e. The summed E-state index contributed by atoms with van der Waals surface area (Å²) in [5, 5.41) is 0. The molecule has 10 aromatic carbocycles. The highest BCUT2D eigenvalue weighted by Crippen LogP contribution is 2.58. The van der Waals surface area contributed by atoms with Crippen LogP contribution < -0.4 is 0 Å². The Kier molecular flexibility index (Phi) is 10.1. The zero-order valence-electron chi connectivity index (χ0n) is 36.7. The van der Waals surface area contributed by atoms with E-state index in [1.165, 1.54) is 50.1 Å². The van der Waals surface area contributed by atoms with Gasteiger partial charge in [0.1, 0.15) is 0 Å². The van der Waals surface area contributed by atoms with Crippen molar-refractivity contribution in [3.8, 4) is 89.8 Å². The Balaban J connectivity index is 0.967. The third kappa shape index (κ3) is 7.15. The summed E-state index contributed by atoms with van der Waals surface area (Å²) in [6.07, 6.45) is 0. The van der Waals surface area contributed by atoms with Crippen LogP contribution in [0.15, 0.2) is 261 Å². The summed E-state index contributed by atoms with van der Waals surface area (Å²) in [6, 6.07) is 93.2. The van der Waals surface area contributed by atoms with Crippen LogP contribution in [0.3, 0.4) is 0 Å². The summed E-state index contributed by atoms with van der Waals surface area (Å²) in [7, 11) is 0. The molecular formula is C64H43N3. The molecule has 0 N–H and O–H groups in total. The van der Waals surface area contributed by atoms with E-state index in [0.717, 1.165) is 44.5 Å². The molecule has 0 saturated heterocycles. The SMILES string of the molecule is c1ccc(-c2ccc(-c3nc(-c4ccc(-c5ccccc5)cc4)nc(-c4cccc(-c5cccc(-c6cccc7c6C(c6ccccc6)(c6ccccc6)c6ccccc6-7)c5)c4)n3)cc2)cc1. The van der Waals surface area contributed by atoms with Gasteiger partial charge in [0.25, 0.3) is 0 Å². The van der Waals surface area contributed by atoms with E-state index in [9.17, 15) is 0 Å². The third-order valence-corrected chi connectivity index (χ3v) is 13.2. The van der Waals surface area contributed by atoms with Crippen LogP contribution >= 0.6 is 0 Å². The second kappa shape index (κ2) is 17.0. The first kappa shape index (κ1) is 39.8. The first-order valence-electron chi connectivity index (χ1n) is 22.8. The van der Waals surface area contributed by atoms with E-state index in [4.69, 9.17) is 15.0 Å². The van der Waals surface area contributed by atoms with Crippen molar-refractivity contribution in [1.82, 2.24) is 15.0 Å². The molecule has 11 aromatic rings. The Bertz CT molecular complexity index is 3390. The van der Waals surface area contributed by atoms with E-state index < -0.39 is 5.41 Å². The van der Waals surface area contributed by atoms with Crippen molar-refractivity contribution in [2.75, 3.05) is 0 Å². The molecule has 1 aliphatic carbocycles. The number of aromatic nitrogens is 3. The van der Waals surface area contributed by atoms with Gasteiger partial charge in [0.05, 0.1) is 5.41 Å². The predicted molar refractivity (Wildman–Crippen MR) is 275 cm³/mol. The third-order valence-electron chi connectivity index (χ3n) is 13.2. The van der Waals surface area contributed by atoms with Crippen LogP contribution in [-0.2, 0) is 5.41 Å². The van der Waals surface area contributed by atoms with E-state index >= 15 is 0 Å².